The highest BCUT2D eigenvalue weighted by Gasteiger charge is 2.50. The summed E-state index contributed by atoms with van der Waals surface area (Å²) in [5.41, 5.74) is 5.88. The first-order valence-electron chi connectivity index (χ1n) is 9.56. The molecule has 1 aliphatic heterocycles. The van der Waals surface area contributed by atoms with Crippen molar-refractivity contribution in [2.24, 2.45) is 16.1 Å². The molecule has 164 valence electrons. The molecule has 4 N–H and O–H groups in total. The summed E-state index contributed by atoms with van der Waals surface area (Å²) in [6.45, 7) is 3.29. The average Bonchev–Trinajstić information content (AvgIpc) is 3.09. The van der Waals surface area contributed by atoms with Crippen molar-refractivity contribution in [3.05, 3.63) is 34.5 Å². The minimum absolute atomic E-state index is 0.0262. The molecule has 1 aliphatic carbocycles. The average molecular weight is 446 g/mol. The van der Waals surface area contributed by atoms with Crippen molar-refractivity contribution < 1.29 is 18.7 Å². The maximum atomic E-state index is 12.6. The van der Waals surface area contributed by atoms with Crippen LogP contribution in [0.1, 0.15) is 30.3 Å². The van der Waals surface area contributed by atoms with Gasteiger partial charge in [-0.1, -0.05) is 11.3 Å². The Balaban J connectivity index is 1.48. The van der Waals surface area contributed by atoms with E-state index in [4.69, 9.17) is 19.6 Å². The first-order chi connectivity index (χ1) is 14.9. The Bertz CT molecular complexity index is 1100. The summed E-state index contributed by atoms with van der Waals surface area (Å²) in [6, 6.07) is 1.62. The van der Waals surface area contributed by atoms with Crippen molar-refractivity contribution in [2.45, 2.75) is 25.8 Å². The van der Waals surface area contributed by atoms with Crippen molar-refractivity contribution in [3.63, 3.8) is 0 Å². The number of allylic oxidation sites excluding steroid dienone is 1. The fourth-order valence-electron chi connectivity index (χ4n) is 3.63. The number of amides is 1. The smallest absolute Gasteiger partial charge is 0.381 e. The van der Waals surface area contributed by atoms with Crippen molar-refractivity contribution >= 4 is 38.9 Å². The third-order valence-corrected chi connectivity index (χ3v) is 5.85. The minimum Gasteiger partial charge on any atom is -0.488 e. The van der Waals surface area contributed by atoms with Crippen LogP contribution in [-0.2, 0) is 4.74 Å². The number of nitrogens with one attached hydrogen (secondary N) is 2. The van der Waals surface area contributed by atoms with Crippen molar-refractivity contribution in [2.75, 3.05) is 31.0 Å². The Labute approximate surface area is 181 Å². The van der Waals surface area contributed by atoms with Gasteiger partial charge in [-0.25, -0.2) is 9.79 Å². The molecule has 2 aliphatic rings. The van der Waals surface area contributed by atoms with Crippen LogP contribution in [0.25, 0.3) is 0 Å². The number of rotatable bonds is 7. The topological polar surface area (TPSA) is 154 Å². The number of hydrogen-bond donors (Lipinski definition) is 3. The Hall–Kier alpha value is -3.25. The monoisotopic (exact) mass is 446 g/mol. The number of nitrogens with two attached hydrogens (primary N) is 1. The number of carbonyl (C=O) groups is 1. The van der Waals surface area contributed by atoms with Gasteiger partial charge in [-0.2, -0.15) is 0 Å². The Morgan fingerprint density at radius 3 is 2.84 bits per heavy atom. The highest BCUT2D eigenvalue weighted by molar-refractivity contribution is 7.18. The molecule has 12 heteroatoms. The van der Waals surface area contributed by atoms with Gasteiger partial charge in [-0.05, 0) is 32.0 Å². The van der Waals surface area contributed by atoms with Crippen molar-refractivity contribution in [1.29, 1.82) is 0 Å². The van der Waals surface area contributed by atoms with E-state index in [2.05, 4.69) is 25.8 Å². The quantitative estimate of drug-likeness (QED) is 0.541. The first kappa shape index (κ1) is 21.0. The van der Waals surface area contributed by atoms with Crippen molar-refractivity contribution in [1.82, 2.24) is 10.2 Å². The van der Waals surface area contributed by atoms with Gasteiger partial charge in [0.2, 0.25) is 16.0 Å². The van der Waals surface area contributed by atoms with E-state index in [-0.39, 0.29) is 28.1 Å². The van der Waals surface area contributed by atoms with Crippen LogP contribution < -0.4 is 26.7 Å². The summed E-state index contributed by atoms with van der Waals surface area (Å²) in [7, 11) is 1.38. The summed E-state index contributed by atoms with van der Waals surface area (Å²) >= 11 is 1.07. The molecule has 0 radical (unpaired) electrons. The van der Waals surface area contributed by atoms with Crippen LogP contribution in [0.5, 0.6) is 5.75 Å². The number of carbonyl (C=O) groups excluding carboxylic acids is 1. The maximum absolute atomic E-state index is 12.6. The van der Waals surface area contributed by atoms with E-state index in [1.54, 1.807) is 13.0 Å². The molecule has 2 fully saturated rings. The number of methoxy groups -OCH3 is 1. The maximum Gasteiger partial charge on any atom is 0.381 e. The SMILES string of the molecule is COc1c(NC2CC3(COC3)C2)cc(C(=O)Nc2nnc(/N=C(C)/C=C\N)s2)oc1=O. The van der Waals surface area contributed by atoms with E-state index < -0.39 is 11.5 Å². The van der Waals surface area contributed by atoms with E-state index in [9.17, 15) is 9.59 Å². The zero-order chi connectivity index (χ0) is 22.0. The molecule has 0 aromatic carbocycles. The predicted molar refractivity (Wildman–Crippen MR) is 115 cm³/mol. The van der Waals surface area contributed by atoms with E-state index in [0.29, 0.717) is 16.5 Å². The molecule has 1 amide bonds. The van der Waals surface area contributed by atoms with E-state index in [1.807, 2.05) is 0 Å². The normalized spacial score (nSPS) is 17.9. The van der Waals surface area contributed by atoms with Crippen molar-refractivity contribution in [3.8, 4) is 5.75 Å². The van der Waals surface area contributed by atoms with Crippen LogP contribution in [0.4, 0.5) is 16.0 Å². The molecular weight excluding hydrogens is 424 g/mol. The van der Waals surface area contributed by atoms with Crippen LogP contribution >= 0.6 is 11.3 Å². The second-order valence-corrected chi connectivity index (χ2v) is 8.50. The zero-order valence-electron chi connectivity index (χ0n) is 17.0. The third kappa shape index (κ3) is 4.44. The van der Waals surface area contributed by atoms with E-state index in [0.717, 1.165) is 37.4 Å². The molecule has 11 nitrogen and oxygen atoms in total. The lowest BCUT2D eigenvalue weighted by Crippen LogP contribution is -2.56. The van der Waals surface area contributed by atoms with Gasteiger partial charge < -0.3 is 24.9 Å². The lowest BCUT2D eigenvalue weighted by Gasteiger charge is -2.53. The summed E-state index contributed by atoms with van der Waals surface area (Å²) in [4.78, 5) is 29.2. The zero-order valence-corrected chi connectivity index (χ0v) is 17.8. The second-order valence-electron chi connectivity index (χ2n) is 7.54. The van der Waals surface area contributed by atoms with Gasteiger partial charge in [0.25, 0.3) is 5.91 Å². The third-order valence-electron chi connectivity index (χ3n) is 5.12. The highest BCUT2D eigenvalue weighted by atomic mass is 32.1. The molecule has 0 unspecified atom stereocenters. The molecule has 0 bridgehead atoms. The Kier molecular flexibility index (Phi) is 5.74. The molecule has 2 aromatic heterocycles. The largest absolute Gasteiger partial charge is 0.488 e. The highest BCUT2D eigenvalue weighted by Crippen LogP contribution is 2.48. The number of anilines is 2. The number of hydrogen-bond acceptors (Lipinski definition) is 11. The number of aliphatic imine (C=N–C) groups is 1. The second kappa shape index (κ2) is 8.47. The van der Waals surface area contributed by atoms with Crippen LogP contribution in [-0.4, -0.2) is 48.2 Å². The molecule has 1 saturated carbocycles. The van der Waals surface area contributed by atoms with Crippen LogP contribution in [0.15, 0.2) is 32.5 Å². The summed E-state index contributed by atoms with van der Waals surface area (Å²) in [6.07, 6.45) is 4.85. The van der Waals surface area contributed by atoms with Gasteiger partial charge in [-0.3, -0.25) is 10.1 Å². The molecule has 3 heterocycles. The fourth-order valence-corrected chi connectivity index (χ4v) is 4.30. The van der Waals surface area contributed by atoms with Gasteiger partial charge in [0, 0.05) is 23.2 Å². The van der Waals surface area contributed by atoms with Gasteiger partial charge in [0.1, 0.15) is 0 Å². The van der Waals surface area contributed by atoms with Gasteiger partial charge in [0.05, 0.1) is 26.0 Å². The summed E-state index contributed by atoms with van der Waals surface area (Å²) in [5.74, 6) is -0.777. The number of aromatic nitrogens is 2. The van der Waals surface area contributed by atoms with Gasteiger partial charge >= 0.3 is 5.63 Å². The molecule has 0 atom stereocenters. The Morgan fingerprint density at radius 2 is 2.19 bits per heavy atom. The number of ether oxygens (including phenoxy) is 2. The van der Waals surface area contributed by atoms with Crippen LogP contribution in [0.3, 0.4) is 0 Å². The molecule has 4 rings (SSSR count). The van der Waals surface area contributed by atoms with Crippen LogP contribution in [0.2, 0.25) is 0 Å². The predicted octanol–water partition coefficient (Wildman–Crippen LogP) is 1.91. The minimum atomic E-state index is -0.745. The van der Waals surface area contributed by atoms with Crippen LogP contribution in [0, 0.1) is 5.41 Å². The lowest BCUT2D eigenvalue weighted by atomic mass is 9.64. The first-order valence-corrected chi connectivity index (χ1v) is 10.4. The summed E-state index contributed by atoms with van der Waals surface area (Å²) < 4.78 is 15.6. The molecule has 1 spiro atoms. The molecule has 2 aromatic rings. The fraction of sp³-hybridized carbons (Fsp3) is 0.421. The lowest BCUT2D eigenvalue weighted by molar-refractivity contribution is -0.159. The van der Waals surface area contributed by atoms with E-state index in [1.165, 1.54) is 19.4 Å². The van der Waals surface area contributed by atoms with Gasteiger partial charge in [0.15, 0.2) is 5.76 Å². The molecule has 31 heavy (non-hydrogen) atoms. The van der Waals surface area contributed by atoms with Gasteiger partial charge in [-0.15, -0.1) is 10.2 Å². The Morgan fingerprint density at radius 1 is 1.42 bits per heavy atom. The summed E-state index contributed by atoms with van der Waals surface area (Å²) in [5, 5.41) is 14.2. The molecule has 1 saturated heterocycles. The standard InChI is InChI=1S/C19H22N6O5S/c1-10(3-4-20)21-17-24-25-18(31-17)23-15(26)13-5-12(14(28-2)16(27)30-13)22-11-6-19(7-11)8-29-9-19/h3-5,11,22H,6-9,20H2,1-2H3,(H,23,25,26)/b4-3-,21-10+. The number of nitrogens with zero attached hydrogens (tertiary/aromatic N) is 3. The molecular formula is C19H22N6O5S. The van der Waals surface area contributed by atoms with E-state index >= 15 is 0 Å².